The van der Waals surface area contributed by atoms with Crippen molar-refractivity contribution in [3.8, 4) is 0 Å². The molecule has 0 aliphatic rings. The van der Waals surface area contributed by atoms with Gasteiger partial charge in [-0.15, -0.1) is 0 Å². The van der Waals surface area contributed by atoms with Crippen LogP contribution in [0.3, 0.4) is 0 Å². The third-order valence-electron chi connectivity index (χ3n) is 3.56. The van der Waals surface area contributed by atoms with Crippen molar-refractivity contribution >= 4 is 11.9 Å². The Balaban J connectivity index is 1.49. The highest BCUT2D eigenvalue weighted by Gasteiger charge is 2.08. The molecule has 0 saturated carbocycles. The lowest BCUT2D eigenvalue weighted by atomic mass is 10.1. The van der Waals surface area contributed by atoms with Gasteiger partial charge in [-0.2, -0.15) is 0 Å². The topological polar surface area (TPSA) is 78.4 Å². The number of hydrogen-bond donors (Lipinski definition) is 0. The van der Waals surface area contributed by atoms with Gasteiger partial charge in [-0.1, -0.05) is 24.3 Å². The standard InChI is InChI=1S/C20H16N2O4/c23-19(17-3-1-9-21-11-17)25-13-15-5-7-16(8-6-15)14-26-20(24)18-4-2-10-22-12-18/h1-12H,13-14H2. The second-order valence-electron chi connectivity index (χ2n) is 5.45. The molecule has 0 amide bonds. The Morgan fingerprint density at radius 3 is 1.46 bits per heavy atom. The maximum Gasteiger partial charge on any atom is 0.340 e. The highest BCUT2D eigenvalue weighted by Crippen LogP contribution is 2.10. The van der Waals surface area contributed by atoms with Crippen molar-refractivity contribution in [2.45, 2.75) is 13.2 Å². The minimum absolute atomic E-state index is 0.156. The zero-order valence-electron chi connectivity index (χ0n) is 13.9. The highest BCUT2D eigenvalue weighted by molar-refractivity contribution is 5.89. The first-order valence-electron chi connectivity index (χ1n) is 7.94. The van der Waals surface area contributed by atoms with Gasteiger partial charge in [-0.05, 0) is 35.4 Å². The molecule has 0 fully saturated rings. The van der Waals surface area contributed by atoms with Gasteiger partial charge >= 0.3 is 11.9 Å². The molecule has 3 rings (SSSR count). The molecule has 130 valence electrons. The molecule has 2 heterocycles. The van der Waals surface area contributed by atoms with Crippen molar-refractivity contribution in [2.75, 3.05) is 0 Å². The van der Waals surface area contributed by atoms with Crippen LogP contribution in [0.4, 0.5) is 0 Å². The molecule has 6 nitrogen and oxygen atoms in total. The molecule has 1 aromatic carbocycles. The number of hydrogen-bond acceptors (Lipinski definition) is 6. The number of nitrogens with zero attached hydrogens (tertiary/aromatic N) is 2. The van der Waals surface area contributed by atoms with Crippen LogP contribution in [-0.4, -0.2) is 21.9 Å². The Morgan fingerprint density at radius 2 is 1.12 bits per heavy atom. The third kappa shape index (κ3) is 4.73. The molecule has 0 bridgehead atoms. The van der Waals surface area contributed by atoms with Crippen LogP contribution in [-0.2, 0) is 22.7 Å². The van der Waals surface area contributed by atoms with Crippen molar-refractivity contribution in [3.63, 3.8) is 0 Å². The number of carbonyl (C=O) groups is 2. The summed E-state index contributed by atoms with van der Waals surface area (Å²) in [6.45, 7) is 0.312. The van der Waals surface area contributed by atoms with Crippen LogP contribution in [0.2, 0.25) is 0 Å². The number of aromatic nitrogens is 2. The lowest BCUT2D eigenvalue weighted by Gasteiger charge is -2.07. The number of esters is 2. The van der Waals surface area contributed by atoms with Crippen LogP contribution >= 0.6 is 0 Å². The van der Waals surface area contributed by atoms with Crippen LogP contribution in [0.15, 0.2) is 73.3 Å². The maximum absolute atomic E-state index is 11.9. The first-order valence-corrected chi connectivity index (χ1v) is 7.94. The maximum atomic E-state index is 11.9. The predicted octanol–water partition coefficient (Wildman–Crippen LogP) is 3.19. The molecule has 0 unspecified atom stereocenters. The van der Waals surface area contributed by atoms with Crippen molar-refractivity contribution in [3.05, 3.63) is 95.6 Å². The van der Waals surface area contributed by atoms with Gasteiger partial charge in [0.25, 0.3) is 0 Å². The van der Waals surface area contributed by atoms with Gasteiger partial charge in [0.05, 0.1) is 11.1 Å². The fourth-order valence-electron chi connectivity index (χ4n) is 2.16. The summed E-state index contributed by atoms with van der Waals surface area (Å²) >= 11 is 0. The zero-order chi connectivity index (χ0) is 18.2. The third-order valence-corrected chi connectivity index (χ3v) is 3.56. The molecule has 2 aromatic heterocycles. The number of rotatable bonds is 6. The van der Waals surface area contributed by atoms with Crippen LogP contribution in [0.1, 0.15) is 31.8 Å². The molecular weight excluding hydrogens is 332 g/mol. The average Bonchev–Trinajstić information content (AvgIpc) is 2.72. The average molecular weight is 348 g/mol. The summed E-state index contributed by atoms with van der Waals surface area (Å²) < 4.78 is 10.5. The van der Waals surface area contributed by atoms with Crippen LogP contribution < -0.4 is 0 Å². The van der Waals surface area contributed by atoms with E-state index < -0.39 is 11.9 Å². The van der Waals surface area contributed by atoms with E-state index in [9.17, 15) is 9.59 Å². The van der Waals surface area contributed by atoms with Gasteiger partial charge in [0.15, 0.2) is 0 Å². The molecule has 0 atom stereocenters. The van der Waals surface area contributed by atoms with E-state index in [1.165, 1.54) is 12.4 Å². The molecule has 3 aromatic rings. The SMILES string of the molecule is O=C(OCc1ccc(COC(=O)c2cccnc2)cc1)c1cccnc1. The Morgan fingerprint density at radius 1 is 0.692 bits per heavy atom. The van der Waals surface area contributed by atoms with Crippen molar-refractivity contribution in [1.29, 1.82) is 0 Å². The first kappa shape index (κ1) is 17.3. The number of benzene rings is 1. The van der Waals surface area contributed by atoms with E-state index in [4.69, 9.17) is 9.47 Å². The summed E-state index contributed by atoms with van der Waals surface area (Å²) in [5.74, 6) is -0.847. The van der Waals surface area contributed by atoms with Crippen LogP contribution in [0.5, 0.6) is 0 Å². The Kier molecular flexibility index (Phi) is 5.67. The van der Waals surface area contributed by atoms with Crippen LogP contribution in [0.25, 0.3) is 0 Å². The van der Waals surface area contributed by atoms with Crippen molar-refractivity contribution in [1.82, 2.24) is 9.97 Å². The summed E-state index contributed by atoms with van der Waals surface area (Å²) in [6, 6.07) is 13.9. The molecule has 0 aliphatic carbocycles. The largest absolute Gasteiger partial charge is 0.457 e. The molecule has 0 saturated heterocycles. The minimum atomic E-state index is -0.424. The van der Waals surface area contributed by atoms with Crippen LogP contribution in [0, 0.1) is 0 Å². The van der Waals surface area contributed by atoms with E-state index in [1.54, 1.807) is 36.7 Å². The van der Waals surface area contributed by atoms with E-state index in [0.717, 1.165) is 11.1 Å². The Hall–Kier alpha value is -3.54. The number of ether oxygens (including phenoxy) is 2. The van der Waals surface area contributed by atoms with Gasteiger partial charge in [0.2, 0.25) is 0 Å². The quantitative estimate of drug-likeness (QED) is 0.637. The van der Waals surface area contributed by atoms with E-state index in [0.29, 0.717) is 11.1 Å². The zero-order valence-corrected chi connectivity index (χ0v) is 13.9. The Labute approximate surface area is 150 Å². The van der Waals surface area contributed by atoms with Gasteiger partial charge in [0, 0.05) is 24.8 Å². The number of pyridine rings is 2. The fourth-order valence-corrected chi connectivity index (χ4v) is 2.16. The van der Waals surface area contributed by atoms with Gasteiger partial charge in [-0.25, -0.2) is 9.59 Å². The predicted molar refractivity (Wildman–Crippen MR) is 93.2 cm³/mol. The molecule has 0 radical (unpaired) electrons. The molecule has 26 heavy (non-hydrogen) atoms. The second-order valence-corrected chi connectivity index (χ2v) is 5.45. The molecular formula is C20H16N2O4. The summed E-state index contributed by atoms with van der Waals surface area (Å²) in [5, 5.41) is 0. The van der Waals surface area contributed by atoms with E-state index in [-0.39, 0.29) is 13.2 Å². The Bertz CT molecular complexity index is 791. The molecule has 0 aliphatic heterocycles. The fraction of sp³-hybridized carbons (Fsp3) is 0.100. The van der Waals surface area contributed by atoms with Crippen molar-refractivity contribution < 1.29 is 19.1 Å². The lowest BCUT2D eigenvalue weighted by Crippen LogP contribution is -2.06. The number of carbonyl (C=O) groups excluding carboxylic acids is 2. The van der Waals surface area contributed by atoms with E-state index >= 15 is 0 Å². The second kappa shape index (κ2) is 8.53. The van der Waals surface area contributed by atoms with Gasteiger partial charge in [-0.3, -0.25) is 9.97 Å². The summed E-state index contributed by atoms with van der Waals surface area (Å²) in [4.78, 5) is 31.5. The highest BCUT2D eigenvalue weighted by atomic mass is 16.5. The smallest absolute Gasteiger partial charge is 0.340 e. The van der Waals surface area contributed by atoms with Gasteiger partial charge in [0.1, 0.15) is 13.2 Å². The first-order chi connectivity index (χ1) is 12.7. The molecule has 0 N–H and O–H groups in total. The normalized spacial score (nSPS) is 10.2. The monoisotopic (exact) mass is 348 g/mol. The van der Waals surface area contributed by atoms with Crippen molar-refractivity contribution in [2.24, 2.45) is 0 Å². The molecule has 6 heteroatoms. The lowest BCUT2D eigenvalue weighted by molar-refractivity contribution is 0.0459. The van der Waals surface area contributed by atoms with E-state index in [1.807, 2.05) is 24.3 Å². The van der Waals surface area contributed by atoms with Gasteiger partial charge < -0.3 is 9.47 Å². The van der Waals surface area contributed by atoms with E-state index in [2.05, 4.69) is 9.97 Å². The summed E-state index contributed by atoms with van der Waals surface area (Å²) in [5.41, 5.74) is 2.49. The summed E-state index contributed by atoms with van der Waals surface area (Å²) in [7, 11) is 0. The minimum Gasteiger partial charge on any atom is -0.457 e. The molecule has 0 spiro atoms. The summed E-state index contributed by atoms with van der Waals surface area (Å²) in [6.07, 6.45) is 6.11.